The Kier molecular flexibility index (Phi) is 8.12. The van der Waals surface area contributed by atoms with Gasteiger partial charge in [0, 0.05) is 49.6 Å². The van der Waals surface area contributed by atoms with Gasteiger partial charge in [-0.2, -0.15) is 0 Å². The van der Waals surface area contributed by atoms with E-state index in [2.05, 4.69) is 4.90 Å². The third-order valence-electron chi connectivity index (χ3n) is 5.30. The molecule has 1 heterocycles. The molecule has 0 unspecified atom stereocenters. The number of ether oxygens (including phenoxy) is 4. The maximum Gasteiger partial charge on any atom is 0.331 e. The molecule has 1 saturated heterocycles. The van der Waals surface area contributed by atoms with Gasteiger partial charge in [0.05, 0.1) is 21.3 Å². The van der Waals surface area contributed by atoms with Gasteiger partial charge in [-0.05, 0) is 36.4 Å². The van der Waals surface area contributed by atoms with Crippen molar-refractivity contribution in [1.29, 1.82) is 0 Å². The van der Waals surface area contributed by atoms with Crippen LogP contribution in [0.25, 0.3) is 6.08 Å². The van der Waals surface area contributed by atoms with Crippen LogP contribution in [0.15, 0.2) is 42.5 Å². The standard InChI is InChI=1S/C24H27FN2O6/c1-30-20-15-22(32-3)21(31-2)14-17(20)4-9-24(29)33-16-23(28)27-12-10-26(11-13-27)19-7-5-18(25)6-8-19/h4-9,14-15H,10-13,16H2,1-3H3/b9-4+. The summed E-state index contributed by atoms with van der Waals surface area (Å²) in [6.07, 6.45) is 2.75. The maximum atomic E-state index is 13.1. The van der Waals surface area contributed by atoms with Crippen molar-refractivity contribution in [3.05, 3.63) is 53.9 Å². The van der Waals surface area contributed by atoms with E-state index in [1.807, 2.05) is 0 Å². The lowest BCUT2D eigenvalue weighted by Crippen LogP contribution is -2.49. The number of hydrogen-bond donors (Lipinski definition) is 0. The molecule has 1 aliphatic heterocycles. The van der Waals surface area contributed by atoms with E-state index >= 15 is 0 Å². The van der Waals surface area contributed by atoms with Crippen LogP contribution in [0.1, 0.15) is 5.56 Å². The fourth-order valence-corrected chi connectivity index (χ4v) is 3.48. The Balaban J connectivity index is 1.50. The number of esters is 1. The van der Waals surface area contributed by atoms with E-state index in [9.17, 15) is 14.0 Å². The SMILES string of the molecule is COc1cc(OC)c(OC)cc1/C=C/C(=O)OCC(=O)N1CCN(c2ccc(F)cc2)CC1. The number of halogens is 1. The van der Waals surface area contributed by atoms with Crippen molar-refractivity contribution in [3.8, 4) is 17.2 Å². The van der Waals surface area contributed by atoms with E-state index in [1.165, 1.54) is 45.6 Å². The first-order valence-electron chi connectivity index (χ1n) is 10.4. The summed E-state index contributed by atoms with van der Waals surface area (Å²) in [6.45, 7) is 1.87. The second-order valence-corrected chi connectivity index (χ2v) is 7.23. The summed E-state index contributed by atoms with van der Waals surface area (Å²) in [5.41, 5.74) is 1.50. The summed E-state index contributed by atoms with van der Waals surface area (Å²) in [5, 5.41) is 0. The number of carbonyl (C=O) groups excluding carboxylic acids is 2. The van der Waals surface area contributed by atoms with Crippen molar-refractivity contribution < 1.29 is 32.9 Å². The average molecular weight is 458 g/mol. The van der Waals surface area contributed by atoms with Crippen molar-refractivity contribution in [2.75, 3.05) is 59.0 Å². The van der Waals surface area contributed by atoms with E-state index in [4.69, 9.17) is 18.9 Å². The minimum atomic E-state index is -0.648. The van der Waals surface area contributed by atoms with Crippen LogP contribution in [0.3, 0.4) is 0 Å². The molecule has 0 atom stereocenters. The number of benzene rings is 2. The molecule has 9 heteroatoms. The fourth-order valence-electron chi connectivity index (χ4n) is 3.48. The summed E-state index contributed by atoms with van der Waals surface area (Å²) in [4.78, 5) is 28.3. The number of methoxy groups -OCH3 is 3. The molecule has 1 aliphatic rings. The van der Waals surface area contributed by atoms with Crippen LogP contribution in [0, 0.1) is 5.82 Å². The normalized spacial score (nSPS) is 13.7. The Morgan fingerprint density at radius 3 is 2.12 bits per heavy atom. The molecule has 0 saturated carbocycles. The molecule has 3 rings (SSSR count). The second kappa shape index (κ2) is 11.2. The lowest BCUT2D eigenvalue weighted by Gasteiger charge is -2.36. The van der Waals surface area contributed by atoms with Crippen molar-refractivity contribution >= 4 is 23.6 Å². The molecule has 1 amide bonds. The van der Waals surface area contributed by atoms with Gasteiger partial charge in [-0.3, -0.25) is 4.79 Å². The van der Waals surface area contributed by atoms with Gasteiger partial charge in [-0.25, -0.2) is 9.18 Å². The van der Waals surface area contributed by atoms with Crippen LogP contribution < -0.4 is 19.1 Å². The number of anilines is 1. The Labute approximate surface area is 192 Å². The Bertz CT molecular complexity index is 1000. The van der Waals surface area contributed by atoms with Crippen molar-refractivity contribution in [2.24, 2.45) is 0 Å². The van der Waals surface area contributed by atoms with Gasteiger partial charge in [0.25, 0.3) is 5.91 Å². The lowest BCUT2D eigenvalue weighted by molar-refractivity contribution is -0.148. The summed E-state index contributed by atoms with van der Waals surface area (Å²) in [5.74, 6) is 0.282. The van der Waals surface area contributed by atoms with E-state index in [-0.39, 0.29) is 18.3 Å². The molecule has 33 heavy (non-hydrogen) atoms. The quantitative estimate of drug-likeness (QED) is 0.445. The molecule has 8 nitrogen and oxygen atoms in total. The van der Waals surface area contributed by atoms with E-state index < -0.39 is 5.97 Å². The molecule has 0 aliphatic carbocycles. The lowest BCUT2D eigenvalue weighted by atomic mass is 10.1. The van der Waals surface area contributed by atoms with E-state index in [0.29, 0.717) is 49.0 Å². The molecule has 0 bridgehead atoms. The number of hydrogen-bond acceptors (Lipinski definition) is 7. The van der Waals surface area contributed by atoms with Gasteiger partial charge >= 0.3 is 5.97 Å². The molecule has 0 radical (unpaired) electrons. The molecule has 176 valence electrons. The first-order valence-corrected chi connectivity index (χ1v) is 10.4. The van der Waals surface area contributed by atoms with Gasteiger partial charge in [0.1, 0.15) is 11.6 Å². The monoisotopic (exact) mass is 458 g/mol. The van der Waals surface area contributed by atoms with Crippen LogP contribution in [0.2, 0.25) is 0 Å². The molecule has 2 aromatic rings. The molecule has 0 spiro atoms. The Morgan fingerprint density at radius 1 is 0.909 bits per heavy atom. The molecular weight excluding hydrogens is 431 g/mol. The topological polar surface area (TPSA) is 77.5 Å². The van der Waals surface area contributed by atoms with Crippen molar-refractivity contribution in [3.63, 3.8) is 0 Å². The zero-order chi connectivity index (χ0) is 23.8. The molecule has 0 aromatic heterocycles. The van der Waals surface area contributed by atoms with Crippen LogP contribution in [-0.4, -0.2) is 70.9 Å². The van der Waals surface area contributed by atoms with Crippen molar-refractivity contribution in [2.45, 2.75) is 0 Å². The summed E-state index contributed by atoms with van der Waals surface area (Å²) >= 11 is 0. The molecular formula is C24H27FN2O6. The summed E-state index contributed by atoms with van der Waals surface area (Å²) in [6, 6.07) is 9.59. The fraction of sp³-hybridized carbons (Fsp3) is 0.333. The van der Waals surface area contributed by atoms with Gasteiger partial charge in [0.2, 0.25) is 0 Å². The zero-order valence-electron chi connectivity index (χ0n) is 18.9. The summed E-state index contributed by atoms with van der Waals surface area (Å²) < 4.78 is 34.0. The smallest absolute Gasteiger partial charge is 0.331 e. The number of piperazine rings is 1. The largest absolute Gasteiger partial charge is 0.496 e. The predicted molar refractivity (Wildman–Crippen MR) is 121 cm³/mol. The number of carbonyl (C=O) groups is 2. The predicted octanol–water partition coefficient (Wildman–Crippen LogP) is 2.76. The highest BCUT2D eigenvalue weighted by Crippen LogP contribution is 2.35. The van der Waals surface area contributed by atoms with Crippen LogP contribution in [0.4, 0.5) is 10.1 Å². The van der Waals surface area contributed by atoms with Crippen LogP contribution in [0.5, 0.6) is 17.2 Å². The first-order chi connectivity index (χ1) is 15.9. The minimum Gasteiger partial charge on any atom is -0.496 e. The molecule has 0 N–H and O–H groups in total. The highest BCUT2D eigenvalue weighted by molar-refractivity contribution is 5.90. The Morgan fingerprint density at radius 2 is 1.52 bits per heavy atom. The van der Waals surface area contributed by atoms with E-state index in [0.717, 1.165) is 5.69 Å². The number of nitrogens with zero attached hydrogens (tertiary/aromatic N) is 2. The number of amides is 1. The number of rotatable bonds is 8. The van der Waals surface area contributed by atoms with Gasteiger partial charge in [-0.1, -0.05) is 0 Å². The molecule has 2 aromatic carbocycles. The maximum absolute atomic E-state index is 13.1. The first kappa shape index (κ1) is 23.9. The second-order valence-electron chi connectivity index (χ2n) is 7.23. The minimum absolute atomic E-state index is 0.265. The van der Waals surface area contributed by atoms with Crippen LogP contribution >= 0.6 is 0 Å². The summed E-state index contributed by atoms with van der Waals surface area (Å²) in [7, 11) is 4.53. The Hall–Kier alpha value is -3.75. The highest BCUT2D eigenvalue weighted by Gasteiger charge is 2.22. The molecule has 1 fully saturated rings. The highest BCUT2D eigenvalue weighted by atomic mass is 19.1. The van der Waals surface area contributed by atoms with Gasteiger partial charge in [0.15, 0.2) is 18.1 Å². The van der Waals surface area contributed by atoms with Crippen molar-refractivity contribution in [1.82, 2.24) is 4.90 Å². The van der Waals surface area contributed by atoms with Gasteiger partial charge in [-0.15, -0.1) is 0 Å². The average Bonchev–Trinajstić information content (AvgIpc) is 2.85. The van der Waals surface area contributed by atoms with Gasteiger partial charge < -0.3 is 28.7 Å². The third-order valence-corrected chi connectivity index (χ3v) is 5.30. The zero-order valence-corrected chi connectivity index (χ0v) is 18.9. The third kappa shape index (κ3) is 6.15. The van der Waals surface area contributed by atoms with E-state index in [1.54, 1.807) is 29.2 Å². The van der Waals surface area contributed by atoms with Crippen LogP contribution in [-0.2, 0) is 14.3 Å².